The molecule has 0 radical (unpaired) electrons. The second-order valence-corrected chi connectivity index (χ2v) is 7.40. The molecule has 0 saturated carbocycles. The van der Waals surface area contributed by atoms with Gasteiger partial charge in [-0.2, -0.15) is 0 Å². The van der Waals surface area contributed by atoms with Crippen LogP contribution >= 0.6 is 0 Å². The fourth-order valence-electron chi connectivity index (χ4n) is 3.29. The zero-order valence-corrected chi connectivity index (χ0v) is 16.5. The standard InChI is InChI=1S/C22H26N4O3/c1-15-8-10-26(11-9-15)22(29)17-5-3-7-19(13-17)25-20(27)14-24-18-6-2-4-16(12-18)21(23)28/h2-7,12-13,15,24H,8-11,14H2,1H3,(H2,23,28)(H,25,27). The van der Waals surface area contributed by atoms with Crippen LogP contribution in [0.25, 0.3) is 0 Å². The maximum atomic E-state index is 12.7. The minimum Gasteiger partial charge on any atom is -0.376 e. The number of nitrogens with zero attached hydrogens (tertiary/aromatic N) is 1. The number of hydrogen-bond acceptors (Lipinski definition) is 4. The average Bonchev–Trinajstić information content (AvgIpc) is 2.73. The van der Waals surface area contributed by atoms with Gasteiger partial charge in [0.05, 0.1) is 6.54 Å². The van der Waals surface area contributed by atoms with E-state index >= 15 is 0 Å². The van der Waals surface area contributed by atoms with Crippen LogP contribution in [-0.4, -0.2) is 42.3 Å². The predicted molar refractivity (Wildman–Crippen MR) is 113 cm³/mol. The van der Waals surface area contributed by atoms with Crippen LogP contribution in [0.5, 0.6) is 0 Å². The number of carbonyl (C=O) groups excluding carboxylic acids is 3. The Hall–Kier alpha value is -3.35. The van der Waals surface area contributed by atoms with Gasteiger partial charge in [0.1, 0.15) is 0 Å². The summed E-state index contributed by atoms with van der Waals surface area (Å²) in [4.78, 5) is 38.1. The summed E-state index contributed by atoms with van der Waals surface area (Å²) in [5.41, 5.74) is 7.39. The molecule has 2 aromatic rings. The summed E-state index contributed by atoms with van der Waals surface area (Å²) >= 11 is 0. The number of piperidine rings is 1. The highest BCUT2D eigenvalue weighted by molar-refractivity contribution is 5.98. The molecule has 3 amide bonds. The first-order chi connectivity index (χ1) is 13.9. The van der Waals surface area contributed by atoms with Gasteiger partial charge in [-0.15, -0.1) is 0 Å². The molecule has 152 valence electrons. The minimum absolute atomic E-state index is 0.00519. The molecule has 1 saturated heterocycles. The van der Waals surface area contributed by atoms with E-state index in [0.717, 1.165) is 25.9 Å². The van der Waals surface area contributed by atoms with Crippen LogP contribution < -0.4 is 16.4 Å². The summed E-state index contributed by atoms with van der Waals surface area (Å²) in [7, 11) is 0. The van der Waals surface area contributed by atoms with Gasteiger partial charge in [-0.3, -0.25) is 14.4 Å². The molecule has 3 rings (SSSR count). The van der Waals surface area contributed by atoms with Crippen molar-refractivity contribution in [2.45, 2.75) is 19.8 Å². The molecule has 0 spiro atoms. The monoisotopic (exact) mass is 394 g/mol. The summed E-state index contributed by atoms with van der Waals surface area (Å²) in [5, 5.41) is 5.75. The number of likely N-dealkylation sites (tertiary alicyclic amines) is 1. The molecule has 2 aromatic carbocycles. The van der Waals surface area contributed by atoms with Gasteiger partial charge in [0.15, 0.2) is 0 Å². The molecule has 29 heavy (non-hydrogen) atoms. The van der Waals surface area contributed by atoms with Crippen molar-refractivity contribution in [3.8, 4) is 0 Å². The van der Waals surface area contributed by atoms with Crippen molar-refractivity contribution in [3.05, 3.63) is 59.7 Å². The van der Waals surface area contributed by atoms with E-state index in [9.17, 15) is 14.4 Å². The molecule has 4 N–H and O–H groups in total. The third kappa shape index (κ3) is 5.57. The number of rotatable bonds is 6. The van der Waals surface area contributed by atoms with Crippen LogP contribution in [0.4, 0.5) is 11.4 Å². The van der Waals surface area contributed by atoms with Crippen molar-refractivity contribution in [1.82, 2.24) is 4.90 Å². The first-order valence-electron chi connectivity index (χ1n) is 9.75. The fourth-order valence-corrected chi connectivity index (χ4v) is 3.29. The Morgan fingerprint density at radius 1 is 1.00 bits per heavy atom. The molecule has 7 heteroatoms. The molecular formula is C22H26N4O3. The number of hydrogen-bond donors (Lipinski definition) is 3. The number of anilines is 2. The molecule has 0 bridgehead atoms. The summed E-state index contributed by atoms with van der Waals surface area (Å²) in [6.45, 7) is 3.76. The van der Waals surface area contributed by atoms with E-state index < -0.39 is 5.91 Å². The maximum absolute atomic E-state index is 12.7. The first kappa shape index (κ1) is 20.4. The topological polar surface area (TPSA) is 105 Å². The number of carbonyl (C=O) groups is 3. The van der Waals surface area contributed by atoms with Crippen molar-refractivity contribution >= 4 is 29.1 Å². The number of benzene rings is 2. The van der Waals surface area contributed by atoms with Crippen LogP contribution in [0.2, 0.25) is 0 Å². The van der Waals surface area contributed by atoms with Crippen molar-refractivity contribution in [2.75, 3.05) is 30.3 Å². The van der Waals surface area contributed by atoms with Crippen molar-refractivity contribution in [2.24, 2.45) is 11.7 Å². The molecule has 1 fully saturated rings. The second kappa shape index (κ2) is 9.23. The minimum atomic E-state index is -0.525. The third-order valence-electron chi connectivity index (χ3n) is 5.06. The van der Waals surface area contributed by atoms with E-state index in [1.54, 1.807) is 48.5 Å². The molecule has 0 unspecified atom stereocenters. The van der Waals surface area contributed by atoms with E-state index in [1.807, 2.05) is 4.90 Å². The summed E-state index contributed by atoms with van der Waals surface area (Å²) in [6, 6.07) is 13.6. The van der Waals surface area contributed by atoms with Gasteiger partial charge in [-0.25, -0.2) is 0 Å². The van der Waals surface area contributed by atoms with Gasteiger partial charge < -0.3 is 21.3 Å². The number of amides is 3. The summed E-state index contributed by atoms with van der Waals surface area (Å²) in [5.74, 6) is -0.135. The zero-order valence-electron chi connectivity index (χ0n) is 16.5. The highest BCUT2D eigenvalue weighted by atomic mass is 16.2. The molecule has 1 heterocycles. The molecule has 1 aliphatic heterocycles. The second-order valence-electron chi connectivity index (χ2n) is 7.40. The Labute approximate surface area is 170 Å². The van der Waals surface area contributed by atoms with Gasteiger partial charge in [-0.05, 0) is 55.2 Å². The number of primary amides is 1. The van der Waals surface area contributed by atoms with Gasteiger partial charge in [0.25, 0.3) is 5.91 Å². The lowest BCUT2D eigenvalue weighted by molar-refractivity contribution is -0.114. The lowest BCUT2D eigenvalue weighted by Crippen LogP contribution is -2.37. The highest BCUT2D eigenvalue weighted by Crippen LogP contribution is 2.19. The van der Waals surface area contributed by atoms with Crippen LogP contribution in [0, 0.1) is 5.92 Å². The van der Waals surface area contributed by atoms with E-state index in [4.69, 9.17) is 5.73 Å². The van der Waals surface area contributed by atoms with E-state index in [-0.39, 0.29) is 18.4 Å². The molecule has 0 aliphatic carbocycles. The van der Waals surface area contributed by atoms with E-state index in [1.165, 1.54) is 0 Å². The number of nitrogens with one attached hydrogen (secondary N) is 2. The largest absolute Gasteiger partial charge is 0.376 e. The molecule has 7 nitrogen and oxygen atoms in total. The smallest absolute Gasteiger partial charge is 0.253 e. The van der Waals surface area contributed by atoms with Gasteiger partial charge in [-0.1, -0.05) is 19.1 Å². The maximum Gasteiger partial charge on any atom is 0.253 e. The highest BCUT2D eigenvalue weighted by Gasteiger charge is 2.21. The third-order valence-corrected chi connectivity index (χ3v) is 5.06. The van der Waals surface area contributed by atoms with Crippen molar-refractivity contribution < 1.29 is 14.4 Å². The quantitative estimate of drug-likeness (QED) is 0.701. The van der Waals surface area contributed by atoms with Crippen LogP contribution in [0.1, 0.15) is 40.5 Å². The first-order valence-corrected chi connectivity index (χ1v) is 9.75. The fraction of sp³-hybridized carbons (Fsp3) is 0.318. The van der Waals surface area contributed by atoms with Crippen molar-refractivity contribution in [1.29, 1.82) is 0 Å². The summed E-state index contributed by atoms with van der Waals surface area (Å²) < 4.78 is 0. The lowest BCUT2D eigenvalue weighted by atomic mass is 9.98. The Kier molecular flexibility index (Phi) is 6.49. The molecular weight excluding hydrogens is 368 g/mol. The van der Waals surface area contributed by atoms with Crippen LogP contribution in [0.3, 0.4) is 0 Å². The van der Waals surface area contributed by atoms with Crippen LogP contribution in [-0.2, 0) is 4.79 Å². The van der Waals surface area contributed by atoms with Crippen molar-refractivity contribution in [3.63, 3.8) is 0 Å². The van der Waals surface area contributed by atoms with Gasteiger partial charge >= 0.3 is 0 Å². The Balaban J connectivity index is 1.57. The average molecular weight is 394 g/mol. The normalized spacial score (nSPS) is 14.3. The van der Waals surface area contributed by atoms with Gasteiger partial charge in [0, 0.05) is 35.6 Å². The van der Waals surface area contributed by atoms with E-state index in [0.29, 0.717) is 28.4 Å². The molecule has 0 atom stereocenters. The SMILES string of the molecule is CC1CCN(C(=O)c2cccc(NC(=O)CNc3cccc(C(N)=O)c3)c2)CC1. The van der Waals surface area contributed by atoms with Crippen LogP contribution in [0.15, 0.2) is 48.5 Å². The lowest BCUT2D eigenvalue weighted by Gasteiger charge is -2.30. The predicted octanol–water partition coefficient (Wildman–Crippen LogP) is 2.71. The summed E-state index contributed by atoms with van der Waals surface area (Å²) in [6.07, 6.45) is 2.04. The Morgan fingerprint density at radius 2 is 1.62 bits per heavy atom. The Morgan fingerprint density at radius 3 is 2.31 bits per heavy atom. The molecule has 0 aromatic heterocycles. The zero-order chi connectivity index (χ0) is 20.8. The Bertz CT molecular complexity index is 904. The van der Waals surface area contributed by atoms with E-state index in [2.05, 4.69) is 17.6 Å². The number of nitrogens with two attached hydrogens (primary N) is 1. The van der Waals surface area contributed by atoms with Gasteiger partial charge in [0.2, 0.25) is 11.8 Å². The molecule has 1 aliphatic rings.